The molecule has 8 nitrogen and oxygen atoms in total. The molecule has 3 rings (SSSR count). The molecule has 3 saturated heterocycles. The molecule has 0 saturated carbocycles. The van der Waals surface area contributed by atoms with Gasteiger partial charge in [-0.25, -0.2) is 0 Å². The first-order valence-electron chi connectivity index (χ1n) is 10.7. The summed E-state index contributed by atoms with van der Waals surface area (Å²) in [6.07, 6.45) is 4.02. The van der Waals surface area contributed by atoms with Crippen molar-refractivity contribution in [2.75, 3.05) is 26.2 Å². The number of unbranched alkanes of at least 4 members (excludes halogenated alkanes) is 1. The van der Waals surface area contributed by atoms with E-state index in [4.69, 9.17) is 4.74 Å². The van der Waals surface area contributed by atoms with Crippen LogP contribution in [0.3, 0.4) is 0 Å². The number of carbonyl (C=O) groups is 3. The molecular weight excluding hydrogens is 362 g/mol. The van der Waals surface area contributed by atoms with Crippen LogP contribution in [0.1, 0.15) is 52.4 Å². The van der Waals surface area contributed by atoms with Crippen LogP contribution in [0.2, 0.25) is 0 Å². The number of amides is 3. The fourth-order valence-electron chi connectivity index (χ4n) is 5.09. The highest BCUT2D eigenvalue weighted by molar-refractivity contribution is 5.98. The average molecular weight is 396 g/mol. The number of nitrogens with zero attached hydrogens (tertiary/aromatic N) is 1. The zero-order chi connectivity index (χ0) is 20.3. The van der Waals surface area contributed by atoms with E-state index in [0.717, 1.165) is 19.3 Å². The molecule has 2 bridgehead atoms. The van der Waals surface area contributed by atoms with Crippen molar-refractivity contribution < 1.29 is 24.2 Å². The monoisotopic (exact) mass is 395 g/mol. The van der Waals surface area contributed by atoms with Crippen LogP contribution in [0.4, 0.5) is 0 Å². The van der Waals surface area contributed by atoms with Crippen molar-refractivity contribution in [3.05, 3.63) is 0 Å². The van der Waals surface area contributed by atoms with E-state index in [1.807, 2.05) is 6.92 Å². The van der Waals surface area contributed by atoms with Crippen LogP contribution >= 0.6 is 0 Å². The maximum absolute atomic E-state index is 13.3. The number of likely N-dealkylation sites (tertiary alicyclic amines) is 1. The van der Waals surface area contributed by atoms with Crippen molar-refractivity contribution in [1.29, 1.82) is 0 Å². The van der Waals surface area contributed by atoms with Crippen LogP contribution in [0.25, 0.3) is 0 Å². The van der Waals surface area contributed by atoms with Crippen molar-refractivity contribution in [2.45, 2.75) is 70.1 Å². The predicted octanol–water partition coefficient (Wildman–Crippen LogP) is 0.186. The van der Waals surface area contributed by atoms with Gasteiger partial charge < -0.3 is 25.4 Å². The lowest BCUT2D eigenvalue weighted by Gasteiger charge is -2.33. The van der Waals surface area contributed by atoms with Crippen LogP contribution in [0, 0.1) is 11.8 Å². The van der Waals surface area contributed by atoms with Crippen molar-refractivity contribution in [2.24, 2.45) is 11.8 Å². The maximum atomic E-state index is 13.3. The third-order valence-electron chi connectivity index (χ3n) is 6.29. The summed E-state index contributed by atoms with van der Waals surface area (Å²) >= 11 is 0. The van der Waals surface area contributed by atoms with Gasteiger partial charge in [-0.1, -0.05) is 20.3 Å². The fourth-order valence-corrected chi connectivity index (χ4v) is 5.09. The zero-order valence-corrected chi connectivity index (χ0v) is 16.9. The van der Waals surface area contributed by atoms with Gasteiger partial charge in [-0.3, -0.25) is 14.4 Å². The number of fused-ring (bicyclic) bond motifs is 1. The van der Waals surface area contributed by atoms with E-state index in [9.17, 15) is 19.5 Å². The molecule has 0 aromatic carbocycles. The summed E-state index contributed by atoms with van der Waals surface area (Å²) < 4.78 is 6.27. The standard InChI is InChI=1S/C20H33N3O5/c1-3-5-10-22-18(26)16-20-8-7-13(28-20)14(17(25)21-9-4-2)15(20)19(27)23(16)11-6-12-24/h13-16,24H,3-12H2,1-2H3,(H,21,25)(H,22,26)/t13-,14+,15-,16?,20?/m0/s1. The average Bonchev–Trinajstić information content (AvgIpc) is 3.32. The fraction of sp³-hybridized carbons (Fsp3) is 0.850. The third-order valence-corrected chi connectivity index (χ3v) is 6.29. The molecule has 5 atom stereocenters. The number of aliphatic hydroxyl groups is 1. The van der Waals surface area contributed by atoms with Crippen molar-refractivity contribution >= 4 is 17.7 Å². The van der Waals surface area contributed by atoms with E-state index in [2.05, 4.69) is 17.6 Å². The Balaban J connectivity index is 1.87. The lowest BCUT2D eigenvalue weighted by atomic mass is 9.70. The number of carbonyl (C=O) groups excluding carboxylic acids is 3. The van der Waals surface area contributed by atoms with Gasteiger partial charge in [0.15, 0.2) is 0 Å². The van der Waals surface area contributed by atoms with E-state index in [1.165, 1.54) is 0 Å². The van der Waals surface area contributed by atoms with Gasteiger partial charge in [0.05, 0.1) is 17.9 Å². The molecule has 3 aliphatic rings. The molecule has 3 N–H and O–H groups in total. The van der Waals surface area contributed by atoms with Crippen molar-refractivity contribution in [1.82, 2.24) is 15.5 Å². The molecule has 3 aliphatic heterocycles. The number of rotatable bonds is 10. The van der Waals surface area contributed by atoms with Crippen LogP contribution in [-0.2, 0) is 19.1 Å². The summed E-state index contributed by atoms with van der Waals surface area (Å²) in [7, 11) is 0. The van der Waals surface area contributed by atoms with Gasteiger partial charge in [0.25, 0.3) is 0 Å². The minimum atomic E-state index is -0.929. The Morgan fingerprint density at radius 2 is 1.93 bits per heavy atom. The topological polar surface area (TPSA) is 108 Å². The van der Waals surface area contributed by atoms with Crippen LogP contribution < -0.4 is 10.6 Å². The van der Waals surface area contributed by atoms with E-state index in [1.54, 1.807) is 4.90 Å². The van der Waals surface area contributed by atoms with Gasteiger partial charge in [0.2, 0.25) is 17.7 Å². The smallest absolute Gasteiger partial charge is 0.245 e. The number of hydrogen-bond acceptors (Lipinski definition) is 5. The summed E-state index contributed by atoms with van der Waals surface area (Å²) in [5, 5.41) is 15.1. The first kappa shape index (κ1) is 21.0. The maximum Gasteiger partial charge on any atom is 0.245 e. The van der Waals surface area contributed by atoms with E-state index in [0.29, 0.717) is 32.4 Å². The molecular formula is C20H33N3O5. The molecule has 2 unspecified atom stereocenters. The number of ether oxygens (including phenoxy) is 1. The van der Waals surface area contributed by atoms with E-state index < -0.39 is 23.5 Å². The van der Waals surface area contributed by atoms with Gasteiger partial charge in [-0.2, -0.15) is 0 Å². The van der Waals surface area contributed by atoms with Gasteiger partial charge in [0, 0.05) is 26.2 Å². The minimum Gasteiger partial charge on any atom is -0.396 e. The Hall–Kier alpha value is -1.67. The van der Waals surface area contributed by atoms with E-state index >= 15 is 0 Å². The molecule has 0 aromatic rings. The number of hydrogen-bond donors (Lipinski definition) is 3. The predicted molar refractivity (Wildman–Crippen MR) is 102 cm³/mol. The van der Waals surface area contributed by atoms with Gasteiger partial charge >= 0.3 is 0 Å². The third kappa shape index (κ3) is 3.41. The Morgan fingerprint density at radius 1 is 1.18 bits per heavy atom. The first-order valence-corrected chi connectivity index (χ1v) is 10.7. The second kappa shape index (κ2) is 8.78. The number of nitrogens with one attached hydrogen (secondary N) is 2. The van der Waals surface area contributed by atoms with Crippen LogP contribution in [0.15, 0.2) is 0 Å². The van der Waals surface area contributed by atoms with Crippen LogP contribution in [0.5, 0.6) is 0 Å². The summed E-state index contributed by atoms with van der Waals surface area (Å²) in [6, 6.07) is -0.734. The summed E-state index contributed by atoms with van der Waals surface area (Å²) in [5.41, 5.74) is -0.929. The lowest BCUT2D eigenvalue weighted by molar-refractivity contribution is -0.142. The number of aliphatic hydroxyl groups excluding tert-OH is 1. The summed E-state index contributed by atoms with van der Waals surface area (Å²) in [6.45, 7) is 5.37. The van der Waals surface area contributed by atoms with Gasteiger partial charge in [-0.15, -0.1) is 0 Å². The molecule has 3 amide bonds. The van der Waals surface area contributed by atoms with Crippen molar-refractivity contribution in [3.63, 3.8) is 0 Å². The molecule has 28 heavy (non-hydrogen) atoms. The molecule has 0 aliphatic carbocycles. The summed E-state index contributed by atoms with van der Waals surface area (Å²) in [4.78, 5) is 40.7. The Morgan fingerprint density at radius 3 is 2.61 bits per heavy atom. The molecule has 0 aromatic heterocycles. The molecule has 158 valence electrons. The Labute approximate surface area is 166 Å². The quantitative estimate of drug-likeness (QED) is 0.458. The largest absolute Gasteiger partial charge is 0.396 e. The molecule has 0 radical (unpaired) electrons. The Bertz CT molecular complexity index is 613. The molecule has 8 heteroatoms. The van der Waals surface area contributed by atoms with Crippen molar-refractivity contribution in [3.8, 4) is 0 Å². The zero-order valence-electron chi connectivity index (χ0n) is 16.9. The van der Waals surface area contributed by atoms with Crippen LogP contribution in [-0.4, -0.2) is 71.7 Å². The van der Waals surface area contributed by atoms with Gasteiger partial charge in [0.1, 0.15) is 11.6 Å². The molecule has 3 fully saturated rings. The second-order valence-electron chi connectivity index (χ2n) is 8.10. The first-order chi connectivity index (χ1) is 13.5. The second-order valence-corrected chi connectivity index (χ2v) is 8.10. The molecule has 3 heterocycles. The minimum absolute atomic E-state index is 0.0600. The highest BCUT2D eigenvalue weighted by atomic mass is 16.5. The summed E-state index contributed by atoms with van der Waals surface area (Å²) in [5.74, 6) is -1.72. The molecule has 1 spiro atoms. The highest BCUT2D eigenvalue weighted by Gasteiger charge is 2.74. The SMILES string of the molecule is CCCCNC(=O)C1N(CCCO)C(=O)[C@@H]2[C@H](C(=O)NCCC)[C@@H]3CCC12O3. The lowest BCUT2D eigenvalue weighted by Crippen LogP contribution is -2.55. The normalized spacial score (nSPS) is 33.2. The highest BCUT2D eigenvalue weighted by Crippen LogP contribution is 2.58. The van der Waals surface area contributed by atoms with E-state index in [-0.39, 0.29) is 37.0 Å². The van der Waals surface area contributed by atoms with Gasteiger partial charge in [-0.05, 0) is 32.1 Å². The Kier molecular flexibility index (Phi) is 6.60.